The minimum Gasteiger partial charge on any atom is -0.346 e. The molecule has 1 unspecified atom stereocenters. The van der Waals surface area contributed by atoms with Gasteiger partial charge in [0.05, 0.1) is 28.8 Å². The van der Waals surface area contributed by atoms with E-state index in [1.54, 1.807) is 24.1 Å². The van der Waals surface area contributed by atoms with E-state index in [2.05, 4.69) is 25.9 Å². The molecule has 0 saturated carbocycles. The van der Waals surface area contributed by atoms with Crippen molar-refractivity contribution in [1.29, 1.82) is 0 Å². The normalized spacial score (nSPS) is 12.6. The zero-order valence-electron chi connectivity index (χ0n) is 17.5. The third-order valence-electron chi connectivity index (χ3n) is 4.71. The van der Waals surface area contributed by atoms with Gasteiger partial charge >= 0.3 is 6.18 Å². The van der Waals surface area contributed by atoms with Crippen molar-refractivity contribution in [2.45, 2.75) is 32.6 Å². The molecule has 10 nitrogen and oxygen atoms in total. The molecule has 3 rings (SSSR count). The number of hydrogen-bond acceptors (Lipinski definition) is 5. The lowest BCUT2D eigenvalue weighted by molar-refractivity contribution is -0.141. The maximum absolute atomic E-state index is 13.1. The molecular formula is C18H20ClF3N8O2. The van der Waals surface area contributed by atoms with Gasteiger partial charge in [0.1, 0.15) is 11.7 Å². The Hall–Kier alpha value is -3.35. The van der Waals surface area contributed by atoms with Gasteiger partial charge in [-0.15, -0.1) is 0 Å². The molecule has 0 aromatic carbocycles. The van der Waals surface area contributed by atoms with Crippen LogP contribution in [0.25, 0.3) is 0 Å². The largest absolute Gasteiger partial charge is 0.436 e. The number of nitrogens with zero attached hydrogens (tertiary/aromatic N) is 6. The molecule has 3 aromatic rings. The first-order valence-electron chi connectivity index (χ1n) is 9.30. The molecule has 14 heteroatoms. The summed E-state index contributed by atoms with van der Waals surface area (Å²) in [4.78, 5) is 25.4. The summed E-state index contributed by atoms with van der Waals surface area (Å²) in [7, 11) is 3.26. The van der Waals surface area contributed by atoms with Crippen molar-refractivity contribution in [2.24, 2.45) is 14.1 Å². The summed E-state index contributed by atoms with van der Waals surface area (Å²) >= 11 is 5.76. The first-order valence-corrected chi connectivity index (χ1v) is 9.68. The monoisotopic (exact) mass is 472 g/mol. The van der Waals surface area contributed by atoms with Crippen LogP contribution in [0.15, 0.2) is 18.6 Å². The van der Waals surface area contributed by atoms with Crippen LogP contribution in [0.1, 0.15) is 40.4 Å². The lowest BCUT2D eigenvalue weighted by Crippen LogP contribution is -2.29. The quantitative estimate of drug-likeness (QED) is 0.572. The minimum atomic E-state index is -4.76. The number of carbonyl (C=O) groups excluding carboxylic acids is 2. The molecule has 172 valence electrons. The van der Waals surface area contributed by atoms with Crippen LogP contribution < -0.4 is 10.6 Å². The zero-order valence-corrected chi connectivity index (χ0v) is 18.3. The van der Waals surface area contributed by atoms with Crippen molar-refractivity contribution in [3.05, 3.63) is 46.3 Å². The average molecular weight is 473 g/mol. The highest BCUT2D eigenvalue weighted by molar-refractivity contribution is 6.32. The second kappa shape index (κ2) is 8.65. The number of carbonyl (C=O) groups is 2. The van der Waals surface area contributed by atoms with Gasteiger partial charge in [0.2, 0.25) is 5.91 Å². The molecule has 0 radical (unpaired) electrons. The van der Waals surface area contributed by atoms with Crippen LogP contribution in [-0.4, -0.2) is 41.2 Å². The van der Waals surface area contributed by atoms with Gasteiger partial charge in [0.15, 0.2) is 5.69 Å². The van der Waals surface area contributed by atoms with Gasteiger partial charge in [-0.1, -0.05) is 11.6 Å². The summed E-state index contributed by atoms with van der Waals surface area (Å²) in [5, 5.41) is 16.1. The fourth-order valence-electron chi connectivity index (χ4n) is 3.03. The average Bonchev–Trinajstić information content (AvgIpc) is 3.37. The first kappa shape index (κ1) is 23.3. The zero-order chi connectivity index (χ0) is 23.8. The Morgan fingerprint density at radius 3 is 2.47 bits per heavy atom. The second-order valence-electron chi connectivity index (χ2n) is 7.09. The maximum Gasteiger partial charge on any atom is 0.436 e. The molecule has 3 aromatic heterocycles. The van der Waals surface area contributed by atoms with Crippen molar-refractivity contribution >= 4 is 29.1 Å². The first-order chi connectivity index (χ1) is 14.9. The minimum absolute atomic E-state index is 0.0118. The van der Waals surface area contributed by atoms with Gasteiger partial charge in [0.25, 0.3) is 5.91 Å². The Bertz CT molecular complexity index is 1160. The Morgan fingerprint density at radius 1 is 1.22 bits per heavy atom. The van der Waals surface area contributed by atoms with E-state index in [-0.39, 0.29) is 23.6 Å². The molecule has 32 heavy (non-hydrogen) atoms. The van der Waals surface area contributed by atoms with Gasteiger partial charge in [0, 0.05) is 32.4 Å². The molecule has 2 N–H and O–H groups in total. The highest BCUT2D eigenvalue weighted by atomic mass is 35.5. The summed E-state index contributed by atoms with van der Waals surface area (Å²) < 4.78 is 43.0. The number of alkyl halides is 3. The summed E-state index contributed by atoms with van der Waals surface area (Å²) in [5.41, 5.74) is -0.343. The second-order valence-corrected chi connectivity index (χ2v) is 7.47. The SMILES string of the molecule is Cc1c(Cl)c(C(F)(F)F)nn1C(C)C(=O)Nc1cnn(C)c1C(=O)NCc1cnn(C)c1. The van der Waals surface area contributed by atoms with E-state index in [9.17, 15) is 22.8 Å². The molecule has 0 bridgehead atoms. The highest BCUT2D eigenvalue weighted by Gasteiger charge is 2.39. The number of hydrogen-bond donors (Lipinski definition) is 2. The van der Waals surface area contributed by atoms with E-state index >= 15 is 0 Å². The van der Waals surface area contributed by atoms with Gasteiger partial charge in [-0.2, -0.15) is 28.5 Å². The van der Waals surface area contributed by atoms with E-state index in [1.807, 2.05) is 0 Å². The summed E-state index contributed by atoms with van der Waals surface area (Å²) in [6, 6.07) is -1.14. The van der Waals surface area contributed by atoms with Crippen molar-refractivity contribution in [3.8, 4) is 0 Å². The number of halogens is 4. The van der Waals surface area contributed by atoms with E-state index in [0.29, 0.717) is 0 Å². The molecule has 0 aliphatic carbocycles. The Morgan fingerprint density at radius 2 is 1.91 bits per heavy atom. The van der Waals surface area contributed by atoms with Crippen LogP contribution >= 0.6 is 11.6 Å². The van der Waals surface area contributed by atoms with Crippen LogP contribution in [0, 0.1) is 6.92 Å². The standard InChI is InChI=1S/C18H20ClF3N8O2/c1-9-13(19)15(18(20,21)22)27-30(9)10(2)16(31)26-12-7-25-29(4)14(12)17(32)23-5-11-6-24-28(3)8-11/h6-8,10H,5H2,1-4H3,(H,23,32)(H,26,31). The summed E-state index contributed by atoms with van der Waals surface area (Å²) in [6.07, 6.45) is -0.152. The lowest BCUT2D eigenvalue weighted by Gasteiger charge is -2.15. The fourth-order valence-corrected chi connectivity index (χ4v) is 3.26. The van der Waals surface area contributed by atoms with Gasteiger partial charge in [-0.05, 0) is 13.8 Å². The van der Waals surface area contributed by atoms with Crippen LogP contribution in [-0.2, 0) is 31.6 Å². The van der Waals surface area contributed by atoms with Crippen molar-refractivity contribution in [2.75, 3.05) is 5.32 Å². The molecule has 0 aliphatic heterocycles. The van der Waals surface area contributed by atoms with Crippen molar-refractivity contribution in [1.82, 2.24) is 34.7 Å². The number of amides is 2. The predicted octanol–water partition coefficient (Wildman–Crippen LogP) is 2.46. The maximum atomic E-state index is 13.1. The van der Waals surface area contributed by atoms with Crippen LogP contribution in [0.2, 0.25) is 5.02 Å². The van der Waals surface area contributed by atoms with E-state index in [1.165, 1.54) is 31.8 Å². The molecule has 0 saturated heterocycles. The van der Waals surface area contributed by atoms with Gasteiger partial charge in [-0.3, -0.25) is 23.6 Å². The highest BCUT2D eigenvalue weighted by Crippen LogP contribution is 2.36. The molecule has 0 fully saturated rings. The Balaban J connectivity index is 1.77. The Labute approximate surface area is 185 Å². The summed E-state index contributed by atoms with van der Waals surface area (Å²) in [6.45, 7) is 2.90. The number of nitrogens with one attached hydrogen (secondary N) is 2. The number of aryl methyl sites for hydroxylation is 2. The van der Waals surface area contributed by atoms with E-state index < -0.39 is 34.7 Å². The summed E-state index contributed by atoms with van der Waals surface area (Å²) in [5.74, 6) is -1.20. The number of anilines is 1. The van der Waals surface area contributed by atoms with E-state index in [4.69, 9.17) is 11.6 Å². The molecule has 3 heterocycles. The fraction of sp³-hybridized carbons (Fsp3) is 0.389. The topological polar surface area (TPSA) is 112 Å². The molecule has 0 spiro atoms. The van der Waals surface area contributed by atoms with Crippen LogP contribution in [0.3, 0.4) is 0 Å². The molecule has 1 atom stereocenters. The Kier molecular flexibility index (Phi) is 6.30. The van der Waals surface area contributed by atoms with Crippen molar-refractivity contribution in [3.63, 3.8) is 0 Å². The van der Waals surface area contributed by atoms with Crippen molar-refractivity contribution < 1.29 is 22.8 Å². The van der Waals surface area contributed by atoms with E-state index in [0.717, 1.165) is 10.2 Å². The van der Waals surface area contributed by atoms with Crippen LogP contribution in [0.4, 0.5) is 18.9 Å². The molecule has 2 amide bonds. The third-order valence-corrected chi connectivity index (χ3v) is 5.17. The third kappa shape index (κ3) is 4.61. The number of rotatable bonds is 6. The molecule has 0 aliphatic rings. The smallest absolute Gasteiger partial charge is 0.346 e. The number of aromatic nitrogens is 6. The van der Waals surface area contributed by atoms with Gasteiger partial charge < -0.3 is 10.6 Å². The molecular weight excluding hydrogens is 453 g/mol. The predicted molar refractivity (Wildman–Crippen MR) is 108 cm³/mol. The van der Waals surface area contributed by atoms with Crippen LogP contribution in [0.5, 0.6) is 0 Å². The van der Waals surface area contributed by atoms with Gasteiger partial charge in [-0.25, -0.2) is 0 Å². The lowest BCUT2D eigenvalue weighted by atomic mass is 10.2.